The van der Waals surface area contributed by atoms with Gasteiger partial charge in [0.2, 0.25) is 0 Å². The summed E-state index contributed by atoms with van der Waals surface area (Å²) in [6.07, 6.45) is 2.35. The minimum atomic E-state index is -0.536. The number of halogens is 2. The molecule has 2 nitrogen and oxygen atoms in total. The number of hydrogen-bond acceptors (Lipinski definition) is 2. The molecular weight excluding hydrogens is 246 g/mol. The fourth-order valence-corrected chi connectivity index (χ4v) is 1.82. The first-order valence-corrected chi connectivity index (χ1v) is 6.50. The van der Waals surface area contributed by atoms with Gasteiger partial charge in [-0.15, -0.1) is 0 Å². The van der Waals surface area contributed by atoms with Crippen LogP contribution in [0.25, 0.3) is 0 Å². The van der Waals surface area contributed by atoms with E-state index in [2.05, 4.69) is 11.4 Å². The molecule has 0 bridgehead atoms. The highest BCUT2D eigenvalue weighted by Gasteiger charge is 2.15. The summed E-state index contributed by atoms with van der Waals surface area (Å²) in [6, 6.07) is 5.84. The zero-order valence-electron chi connectivity index (χ0n) is 11.5. The Hall–Kier alpha value is -1.47. The normalized spacial score (nSPS) is 11.3. The zero-order valence-corrected chi connectivity index (χ0v) is 11.5. The molecule has 0 heterocycles. The molecule has 0 aromatic heterocycles. The molecule has 0 unspecified atom stereocenters. The standard InChI is InChI=1S/C15H20F2N2/c1-15(2,11-18)5-3-6-19-7-4-12-8-13(16)10-14(17)9-12/h8-10,19H,3-7H2,1-2H3. The summed E-state index contributed by atoms with van der Waals surface area (Å²) in [5, 5.41) is 12.1. The van der Waals surface area contributed by atoms with Crippen molar-refractivity contribution in [3.8, 4) is 6.07 Å². The zero-order chi connectivity index (χ0) is 14.3. The summed E-state index contributed by atoms with van der Waals surface area (Å²) in [4.78, 5) is 0. The molecule has 0 saturated carbocycles. The Bertz CT molecular complexity index is 430. The maximum atomic E-state index is 12.9. The highest BCUT2D eigenvalue weighted by molar-refractivity contribution is 5.18. The minimum Gasteiger partial charge on any atom is -0.316 e. The average Bonchev–Trinajstić information content (AvgIpc) is 2.32. The fraction of sp³-hybridized carbons (Fsp3) is 0.533. The predicted molar refractivity (Wildman–Crippen MR) is 71.6 cm³/mol. The second-order valence-electron chi connectivity index (χ2n) is 5.38. The lowest BCUT2D eigenvalue weighted by Crippen LogP contribution is -2.20. The maximum absolute atomic E-state index is 12.9. The van der Waals surface area contributed by atoms with Crippen molar-refractivity contribution in [1.29, 1.82) is 5.26 Å². The van der Waals surface area contributed by atoms with E-state index >= 15 is 0 Å². The van der Waals surface area contributed by atoms with Crippen molar-refractivity contribution in [3.05, 3.63) is 35.4 Å². The van der Waals surface area contributed by atoms with E-state index in [1.807, 2.05) is 13.8 Å². The first-order valence-electron chi connectivity index (χ1n) is 6.50. The van der Waals surface area contributed by atoms with Gasteiger partial charge in [0.1, 0.15) is 11.6 Å². The number of benzene rings is 1. The molecule has 1 aromatic carbocycles. The van der Waals surface area contributed by atoms with Crippen molar-refractivity contribution in [2.75, 3.05) is 13.1 Å². The molecule has 1 aromatic rings. The summed E-state index contributed by atoms with van der Waals surface area (Å²) < 4.78 is 25.9. The van der Waals surface area contributed by atoms with Gasteiger partial charge in [0.05, 0.1) is 11.5 Å². The van der Waals surface area contributed by atoms with Crippen LogP contribution in [0.5, 0.6) is 0 Å². The van der Waals surface area contributed by atoms with Crippen molar-refractivity contribution < 1.29 is 8.78 Å². The van der Waals surface area contributed by atoms with Crippen LogP contribution in [-0.4, -0.2) is 13.1 Å². The Morgan fingerprint density at radius 2 is 1.79 bits per heavy atom. The van der Waals surface area contributed by atoms with Gasteiger partial charge in [0, 0.05) is 6.07 Å². The van der Waals surface area contributed by atoms with Crippen LogP contribution in [0.4, 0.5) is 8.78 Å². The molecule has 0 aliphatic heterocycles. The molecule has 104 valence electrons. The van der Waals surface area contributed by atoms with Gasteiger partial charge >= 0.3 is 0 Å². The summed E-state index contributed by atoms with van der Waals surface area (Å²) in [5.41, 5.74) is 0.371. The van der Waals surface area contributed by atoms with Crippen LogP contribution in [-0.2, 0) is 6.42 Å². The molecule has 0 saturated heterocycles. The van der Waals surface area contributed by atoms with Crippen LogP contribution in [0.3, 0.4) is 0 Å². The fourth-order valence-electron chi connectivity index (χ4n) is 1.82. The van der Waals surface area contributed by atoms with Crippen molar-refractivity contribution in [2.24, 2.45) is 5.41 Å². The second kappa shape index (κ2) is 7.20. The lowest BCUT2D eigenvalue weighted by molar-refractivity contribution is 0.426. The molecule has 1 rings (SSSR count). The summed E-state index contributed by atoms with van der Waals surface area (Å²) in [5.74, 6) is -1.07. The predicted octanol–water partition coefficient (Wildman–Crippen LogP) is 3.43. The van der Waals surface area contributed by atoms with Gasteiger partial charge in [-0.3, -0.25) is 0 Å². The SMILES string of the molecule is CC(C)(C#N)CCCNCCc1cc(F)cc(F)c1. The lowest BCUT2D eigenvalue weighted by Gasteiger charge is -2.14. The third-order valence-corrected chi connectivity index (χ3v) is 2.97. The Labute approximate surface area is 113 Å². The minimum absolute atomic E-state index is 0.284. The Kier molecular flexibility index (Phi) is 5.91. The molecule has 0 fully saturated rings. The highest BCUT2D eigenvalue weighted by Crippen LogP contribution is 2.19. The van der Waals surface area contributed by atoms with Gasteiger partial charge in [0.15, 0.2) is 0 Å². The Morgan fingerprint density at radius 3 is 2.37 bits per heavy atom. The first-order chi connectivity index (χ1) is 8.93. The number of nitrogens with one attached hydrogen (secondary N) is 1. The largest absolute Gasteiger partial charge is 0.316 e. The highest BCUT2D eigenvalue weighted by atomic mass is 19.1. The average molecular weight is 266 g/mol. The Balaban J connectivity index is 2.19. The van der Waals surface area contributed by atoms with Crippen molar-refractivity contribution in [2.45, 2.75) is 33.1 Å². The van der Waals surface area contributed by atoms with E-state index in [9.17, 15) is 8.78 Å². The molecule has 0 atom stereocenters. The van der Waals surface area contributed by atoms with Crippen molar-refractivity contribution in [1.82, 2.24) is 5.32 Å². The van der Waals surface area contributed by atoms with Gasteiger partial charge in [-0.05, 0) is 63.9 Å². The van der Waals surface area contributed by atoms with Crippen LogP contribution in [0.2, 0.25) is 0 Å². The van der Waals surface area contributed by atoms with Gasteiger partial charge in [-0.25, -0.2) is 8.78 Å². The van der Waals surface area contributed by atoms with E-state index < -0.39 is 11.6 Å². The van der Waals surface area contributed by atoms with Gasteiger partial charge in [-0.1, -0.05) is 0 Å². The third kappa shape index (κ3) is 6.30. The van der Waals surface area contributed by atoms with Gasteiger partial charge in [-0.2, -0.15) is 5.26 Å². The number of nitriles is 1. The molecular formula is C15H20F2N2. The molecule has 0 spiro atoms. The molecule has 0 aliphatic rings. The maximum Gasteiger partial charge on any atom is 0.126 e. The van der Waals surface area contributed by atoms with Gasteiger partial charge in [0.25, 0.3) is 0 Å². The molecule has 0 amide bonds. The summed E-state index contributed by atoms with van der Waals surface area (Å²) in [7, 11) is 0. The quantitative estimate of drug-likeness (QED) is 0.767. The van der Waals surface area contributed by atoms with Crippen LogP contribution < -0.4 is 5.32 Å². The third-order valence-electron chi connectivity index (χ3n) is 2.97. The van der Waals surface area contributed by atoms with E-state index in [1.54, 1.807) is 0 Å². The van der Waals surface area contributed by atoms with Crippen molar-refractivity contribution in [3.63, 3.8) is 0 Å². The monoisotopic (exact) mass is 266 g/mol. The molecule has 4 heteroatoms. The number of hydrogen-bond donors (Lipinski definition) is 1. The van der Waals surface area contributed by atoms with Gasteiger partial charge < -0.3 is 5.32 Å². The smallest absolute Gasteiger partial charge is 0.126 e. The van der Waals surface area contributed by atoms with E-state index in [0.717, 1.165) is 25.5 Å². The second-order valence-corrected chi connectivity index (χ2v) is 5.38. The van der Waals surface area contributed by atoms with Crippen molar-refractivity contribution >= 4 is 0 Å². The van der Waals surface area contributed by atoms with Crippen LogP contribution in [0, 0.1) is 28.4 Å². The molecule has 1 N–H and O–H groups in total. The molecule has 19 heavy (non-hydrogen) atoms. The number of nitrogens with zero attached hydrogens (tertiary/aromatic N) is 1. The van der Waals surface area contributed by atoms with E-state index in [0.29, 0.717) is 18.5 Å². The van der Waals surface area contributed by atoms with E-state index in [-0.39, 0.29) is 5.41 Å². The molecule has 0 radical (unpaired) electrons. The van der Waals surface area contributed by atoms with Crippen LogP contribution in [0.15, 0.2) is 18.2 Å². The summed E-state index contributed by atoms with van der Waals surface area (Å²) in [6.45, 7) is 5.32. The molecule has 0 aliphatic carbocycles. The van der Waals surface area contributed by atoms with E-state index in [4.69, 9.17) is 5.26 Å². The van der Waals surface area contributed by atoms with E-state index in [1.165, 1.54) is 12.1 Å². The van der Waals surface area contributed by atoms with Crippen LogP contribution >= 0.6 is 0 Å². The first kappa shape index (κ1) is 15.6. The Morgan fingerprint density at radius 1 is 1.16 bits per heavy atom. The van der Waals surface area contributed by atoms with Crippen LogP contribution in [0.1, 0.15) is 32.3 Å². The lowest BCUT2D eigenvalue weighted by atomic mass is 9.90. The number of rotatable bonds is 7. The topological polar surface area (TPSA) is 35.8 Å². The summed E-state index contributed by atoms with van der Waals surface area (Å²) >= 11 is 0.